The van der Waals surface area contributed by atoms with Crippen LogP contribution in [0.3, 0.4) is 0 Å². The number of hydrogen-bond acceptors (Lipinski definition) is 4. The molecule has 1 aliphatic heterocycles. The number of carbonyl (C=O) groups is 2. The van der Waals surface area contributed by atoms with Crippen molar-refractivity contribution < 1.29 is 14.3 Å². The molecule has 1 heterocycles. The molecule has 0 aliphatic carbocycles. The number of rotatable bonds is 5. The number of amides is 2. The first-order valence-corrected chi connectivity index (χ1v) is 7.05. The molecular formula is C15H21N3O3. The van der Waals surface area contributed by atoms with E-state index in [1.807, 2.05) is 0 Å². The number of carbonyl (C=O) groups excluding carboxylic acids is 2. The molecule has 2 rings (SSSR count). The molecule has 1 aromatic carbocycles. The second kappa shape index (κ2) is 7.08. The van der Waals surface area contributed by atoms with Crippen LogP contribution in [0.4, 0.5) is 5.69 Å². The van der Waals surface area contributed by atoms with Gasteiger partial charge in [0.15, 0.2) is 6.61 Å². The Morgan fingerprint density at radius 2 is 2.19 bits per heavy atom. The quantitative estimate of drug-likeness (QED) is 0.742. The minimum atomic E-state index is -0.199. The molecule has 1 saturated heterocycles. The van der Waals surface area contributed by atoms with Gasteiger partial charge in [-0.2, -0.15) is 0 Å². The van der Waals surface area contributed by atoms with Crippen LogP contribution in [0.5, 0.6) is 5.75 Å². The maximum Gasteiger partial charge on any atom is 0.257 e. The van der Waals surface area contributed by atoms with Crippen LogP contribution < -0.4 is 20.7 Å². The minimum absolute atomic E-state index is 0.0101. The summed E-state index contributed by atoms with van der Waals surface area (Å²) in [7, 11) is 1.55. The van der Waals surface area contributed by atoms with Crippen LogP contribution in [0.1, 0.15) is 6.92 Å². The highest BCUT2D eigenvalue weighted by Crippen LogP contribution is 2.21. The predicted molar refractivity (Wildman–Crippen MR) is 80.2 cm³/mol. The fourth-order valence-corrected chi connectivity index (χ4v) is 2.28. The predicted octanol–water partition coefficient (Wildman–Crippen LogP) is 0.605. The first-order chi connectivity index (χ1) is 10.1. The third-order valence-electron chi connectivity index (χ3n) is 3.60. The van der Waals surface area contributed by atoms with E-state index < -0.39 is 0 Å². The van der Waals surface area contributed by atoms with Gasteiger partial charge in [-0.15, -0.1) is 0 Å². The average molecular weight is 291 g/mol. The molecule has 2 amide bonds. The monoisotopic (exact) mass is 291 g/mol. The Hall–Kier alpha value is -2.08. The summed E-state index contributed by atoms with van der Waals surface area (Å²) < 4.78 is 5.35. The summed E-state index contributed by atoms with van der Waals surface area (Å²) in [5.74, 6) is 0.679. The first kappa shape index (κ1) is 15.3. The minimum Gasteiger partial charge on any atom is -0.484 e. The van der Waals surface area contributed by atoms with E-state index in [4.69, 9.17) is 4.74 Å². The number of nitrogens with one attached hydrogen (secondary N) is 3. The summed E-state index contributed by atoms with van der Waals surface area (Å²) in [6.07, 6.45) is 0. The van der Waals surface area contributed by atoms with Crippen LogP contribution >= 0.6 is 0 Å². The second-order valence-electron chi connectivity index (χ2n) is 5.22. The van der Waals surface area contributed by atoms with Crippen molar-refractivity contribution >= 4 is 17.5 Å². The Morgan fingerprint density at radius 3 is 2.86 bits per heavy atom. The van der Waals surface area contributed by atoms with Crippen molar-refractivity contribution in [3.8, 4) is 5.75 Å². The lowest BCUT2D eigenvalue weighted by atomic mass is 9.97. The van der Waals surface area contributed by atoms with Crippen molar-refractivity contribution in [2.24, 2.45) is 11.8 Å². The summed E-state index contributed by atoms with van der Waals surface area (Å²) in [5, 5.41) is 8.59. The van der Waals surface area contributed by atoms with E-state index >= 15 is 0 Å². The molecular weight excluding hydrogens is 270 g/mol. The summed E-state index contributed by atoms with van der Waals surface area (Å²) in [5.41, 5.74) is 0.675. The van der Waals surface area contributed by atoms with E-state index in [2.05, 4.69) is 22.9 Å². The molecule has 0 bridgehead atoms. The molecule has 21 heavy (non-hydrogen) atoms. The Morgan fingerprint density at radius 1 is 1.38 bits per heavy atom. The van der Waals surface area contributed by atoms with E-state index in [1.54, 1.807) is 31.3 Å². The van der Waals surface area contributed by atoms with Crippen LogP contribution in [-0.4, -0.2) is 38.6 Å². The van der Waals surface area contributed by atoms with Gasteiger partial charge >= 0.3 is 0 Å². The smallest absolute Gasteiger partial charge is 0.257 e. The maximum atomic E-state index is 12.2. The molecule has 1 fully saturated rings. The molecule has 114 valence electrons. The van der Waals surface area contributed by atoms with E-state index in [1.165, 1.54) is 0 Å². The molecule has 0 aromatic heterocycles. The number of benzene rings is 1. The zero-order chi connectivity index (χ0) is 15.2. The Balaban J connectivity index is 1.94. The SMILES string of the molecule is CNC(=O)COc1cccc(NC(=O)[C@@H]2CNC[C@H]2C)c1. The molecule has 1 aromatic rings. The van der Waals surface area contributed by atoms with Gasteiger partial charge in [0.05, 0.1) is 5.92 Å². The van der Waals surface area contributed by atoms with Crippen LogP contribution in [-0.2, 0) is 9.59 Å². The van der Waals surface area contributed by atoms with Gasteiger partial charge < -0.3 is 20.7 Å². The molecule has 3 N–H and O–H groups in total. The Kier molecular flexibility index (Phi) is 5.16. The lowest BCUT2D eigenvalue weighted by Crippen LogP contribution is -2.27. The van der Waals surface area contributed by atoms with Crippen molar-refractivity contribution in [3.05, 3.63) is 24.3 Å². The number of likely N-dealkylation sites (N-methyl/N-ethyl adjacent to an activating group) is 1. The zero-order valence-corrected chi connectivity index (χ0v) is 12.3. The normalized spacial score (nSPS) is 20.9. The standard InChI is InChI=1S/C15H21N3O3/c1-10-7-17-8-13(10)15(20)18-11-4-3-5-12(6-11)21-9-14(19)16-2/h3-6,10,13,17H,7-9H2,1-2H3,(H,16,19)(H,18,20)/t10-,13-/m1/s1. The second-order valence-corrected chi connectivity index (χ2v) is 5.22. The largest absolute Gasteiger partial charge is 0.484 e. The Bertz CT molecular complexity index is 519. The topological polar surface area (TPSA) is 79.5 Å². The fourth-order valence-electron chi connectivity index (χ4n) is 2.28. The van der Waals surface area contributed by atoms with Gasteiger partial charge in [0.2, 0.25) is 5.91 Å². The van der Waals surface area contributed by atoms with Crippen molar-refractivity contribution in [3.63, 3.8) is 0 Å². The molecule has 0 spiro atoms. The lowest BCUT2D eigenvalue weighted by Gasteiger charge is -2.14. The van der Waals surface area contributed by atoms with Gasteiger partial charge in [-0.1, -0.05) is 13.0 Å². The van der Waals surface area contributed by atoms with Crippen LogP contribution in [0, 0.1) is 11.8 Å². The van der Waals surface area contributed by atoms with E-state index in [0.29, 0.717) is 23.9 Å². The van der Waals surface area contributed by atoms with Crippen LogP contribution in [0.2, 0.25) is 0 Å². The maximum absolute atomic E-state index is 12.2. The summed E-state index contributed by atoms with van der Waals surface area (Å²) in [6.45, 7) is 3.60. The molecule has 0 radical (unpaired) electrons. The Labute approximate surface area is 124 Å². The van der Waals surface area contributed by atoms with Crippen molar-refractivity contribution in [1.29, 1.82) is 0 Å². The molecule has 2 atom stereocenters. The van der Waals surface area contributed by atoms with Gasteiger partial charge in [0.1, 0.15) is 5.75 Å². The summed E-state index contributed by atoms with van der Waals surface area (Å²) in [6, 6.07) is 7.05. The highest BCUT2D eigenvalue weighted by Gasteiger charge is 2.29. The summed E-state index contributed by atoms with van der Waals surface area (Å²) >= 11 is 0. The molecule has 6 heteroatoms. The van der Waals surface area contributed by atoms with E-state index in [-0.39, 0.29) is 24.3 Å². The first-order valence-electron chi connectivity index (χ1n) is 7.05. The van der Waals surface area contributed by atoms with Crippen LogP contribution in [0.25, 0.3) is 0 Å². The number of anilines is 1. The van der Waals surface area contributed by atoms with Gasteiger partial charge in [-0.05, 0) is 24.6 Å². The summed E-state index contributed by atoms with van der Waals surface area (Å²) in [4.78, 5) is 23.3. The highest BCUT2D eigenvalue weighted by molar-refractivity contribution is 5.93. The number of hydrogen-bond donors (Lipinski definition) is 3. The zero-order valence-electron chi connectivity index (χ0n) is 12.3. The van der Waals surface area contributed by atoms with Gasteiger partial charge in [-0.25, -0.2) is 0 Å². The third kappa shape index (κ3) is 4.19. The third-order valence-corrected chi connectivity index (χ3v) is 3.60. The number of ether oxygens (including phenoxy) is 1. The molecule has 0 saturated carbocycles. The molecule has 1 aliphatic rings. The van der Waals surface area contributed by atoms with Crippen LogP contribution in [0.15, 0.2) is 24.3 Å². The molecule has 0 unspecified atom stereocenters. The van der Waals surface area contributed by atoms with Gasteiger partial charge in [0, 0.05) is 25.3 Å². The van der Waals surface area contributed by atoms with Gasteiger partial charge in [0.25, 0.3) is 5.91 Å². The highest BCUT2D eigenvalue weighted by atomic mass is 16.5. The molecule has 6 nitrogen and oxygen atoms in total. The van der Waals surface area contributed by atoms with Crippen molar-refractivity contribution in [1.82, 2.24) is 10.6 Å². The van der Waals surface area contributed by atoms with E-state index in [0.717, 1.165) is 6.54 Å². The lowest BCUT2D eigenvalue weighted by molar-refractivity contribution is -0.122. The van der Waals surface area contributed by atoms with E-state index in [9.17, 15) is 9.59 Å². The fraction of sp³-hybridized carbons (Fsp3) is 0.467. The van der Waals surface area contributed by atoms with Crippen molar-refractivity contribution in [2.75, 3.05) is 32.1 Å². The van der Waals surface area contributed by atoms with Crippen molar-refractivity contribution in [2.45, 2.75) is 6.92 Å². The average Bonchev–Trinajstić information content (AvgIpc) is 2.91. The van der Waals surface area contributed by atoms with Gasteiger partial charge in [-0.3, -0.25) is 9.59 Å².